The number of carbonyl (C=O) groups is 1. The van der Waals surface area contributed by atoms with Gasteiger partial charge in [0.2, 0.25) is 0 Å². The van der Waals surface area contributed by atoms with Gasteiger partial charge in [0.15, 0.2) is 6.10 Å². The number of amides is 1. The lowest BCUT2D eigenvalue weighted by molar-refractivity contribution is -0.122. The first kappa shape index (κ1) is 14.5. The first-order valence-electron chi connectivity index (χ1n) is 6.35. The monoisotopic (exact) mass is 287 g/mol. The number of ether oxygens (including phenoxy) is 1. The van der Waals surface area contributed by atoms with Gasteiger partial charge in [-0.3, -0.25) is 4.79 Å². The van der Waals surface area contributed by atoms with Crippen LogP contribution in [-0.4, -0.2) is 18.3 Å². The fraction of sp³-hybridized carbons (Fsp3) is 0.188. The molecule has 1 atom stereocenters. The van der Waals surface area contributed by atoms with Crippen LogP contribution in [0.4, 0.5) is 5.69 Å². The molecule has 0 saturated carbocycles. The van der Waals surface area contributed by atoms with Gasteiger partial charge in [-0.2, -0.15) is 0 Å². The van der Waals surface area contributed by atoms with Gasteiger partial charge in [-0.15, -0.1) is 11.8 Å². The normalized spacial score (nSPS) is 11.7. The van der Waals surface area contributed by atoms with Crippen LogP contribution in [0.25, 0.3) is 0 Å². The number of carbonyl (C=O) groups excluding carboxylic acids is 1. The molecule has 20 heavy (non-hydrogen) atoms. The van der Waals surface area contributed by atoms with Crippen molar-refractivity contribution in [2.24, 2.45) is 0 Å². The SMILES string of the molecule is CSc1ccc(NC(=O)[C@@H](C)Oc2ccccc2)cc1. The van der Waals surface area contributed by atoms with E-state index in [0.29, 0.717) is 5.75 Å². The summed E-state index contributed by atoms with van der Waals surface area (Å²) in [5.41, 5.74) is 0.774. The zero-order valence-corrected chi connectivity index (χ0v) is 12.3. The second kappa shape index (κ2) is 7.01. The van der Waals surface area contributed by atoms with E-state index in [-0.39, 0.29) is 5.91 Å². The lowest BCUT2D eigenvalue weighted by atomic mass is 10.3. The number of anilines is 1. The van der Waals surface area contributed by atoms with Crippen LogP contribution in [0.15, 0.2) is 59.5 Å². The van der Waals surface area contributed by atoms with Gasteiger partial charge >= 0.3 is 0 Å². The Balaban J connectivity index is 1.93. The van der Waals surface area contributed by atoms with Crippen LogP contribution < -0.4 is 10.1 Å². The highest BCUT2D eigenvalue weighted by molar-refractivity contribution is 7.98. The highest BCUT2D eigenvalue weighted by Gasteiger charge is 2.14. The van der Waals surface area contributed by atoms with Crippen LogP contribution in [-0.2, 0) is 4.79 Å². The van der Waals surface area contributed by atoms with Gasteiger partial charge in [0, 0.05) is 10.6 Å². The predicted molar refractivity (Wildman–Crippen MR) is 83.4 cm³/mol. The molecular weight excluding hydrogens is 270 g/mol. The minimum atomic E-state index is -0.544. The highest BCUT2D eigenvalue weighted by atomic mass is 32.2. The molecule has 0 aromatic heterocycles. The molecule has 104 valence electrons. The molecular formula is C16H17NO2S. The van der Waals surface area contributed by atoms with E-state index in [4.69, 9.17) is 4.74 Å². The van der Waals surface area contributed by atoms with Crippen LogP contribution in [0.5, 0.6) is 5.75 Å². The second-order valence-corrected chi connectivity index (χ2v) is 5.17. The highest BCUT2D eigenvalue weighted by Crippen LogP contribution is 2.18. The van der Waals surface area contributed by atoms with E-state index >= 15 is 0 Å². The number of benzene rings is 2. The molecule has 0 aliphatic carbocycles. The summed E-state index contributed by atoms with van der Waals surface area (Å²) in [4.78, 5) is 13.2. The van der Waals surface area contributed by atoms with E-state index in [2.05, 4.69) is 5.32 Å². The van der Waals surface area contributed by atoms with E-state index in [9.17, 15) is 4.79 Å². The predicted octanol–water partition coefficient (Wildman–Crippen LogP) is 3.81. The van der Waals surface area contributed by atoms with E-state index < -0.39 is 6.10 Å². The number of rotatable bonds is 5. The molecule has 2 aromatic carbocycles. The zero-order chi connectivity index (χ0) is 14.4. The topological polar surface area (TPSA) is 38.3 Å². The second-order valence-electron chi connectivity index (χ2n) is 4.29. The average molecular weight is 287 g/mol. The van der Waals surface area contributed by atoms with Crippen molar-refractivity contribution in [2.45, 2.75) is 17.9 Å². The van der Waals surface area contributed by atoms with Crippen molar-refractivity contribution in [2.75, 3.05) is 11.6 Å². The molecule has 0 radical (unpaired) electrons. The molecule has 0 aliphatic rings. The van der Waals surface area contributed by atoms with Gasteiger partial charge in [0.1, 0.15) is 5.75 Å². The molecule has 0 saturated heterocycles. The minimum Gasteiger partial charge on any atom is -0.481 e. The Morgan fingerprint density at radius 2 is 1.75 bits per heavy atom. The van der Waals surface area contributed by atoms with E-state index in [0.717, 1.165) is 10.6 Å². The lowest BCUT2D eigenvalue weighted by Crippen LogP contribution is -2.30. The van der Waals surface area contributed by atoms with Crippen molar-refractivity contribution in [3.63, 3.8) is 0 Å². The molecule has 3 nitrogen and oxygen atoms in total. The van der Waals surface area contributed by atoms with Crippen molar-refractivity contribution in [1.29, 1.82) is 0 Å². The Labute approximate surface area is 123 Å². The molecule has 1 N–H and O–H groups in total. The van der Waals surface area contributed by atoms with Crippen molar-refractivity contribution < 1.29 is 9.53 Å². The van der Waals surface area contributed by atoms with Gasteiger partial charge in [0.25, 0.3) is 5.91 Å². The summed E-state index contributed by atoms with van der Waals surface area (Å²) < 4.78 is 5.58. The molecule has 0 bridgehead atoms. The van der Waals surface area contributed by atoms with Crippen LogP contribution in [0.2, 0.25) is 0 Å². The smallest absolute Gasteiger partial charge is 0.265 e. The summed E-state index contributed by atoms with van der Waals surface area (Å²) in [7, 11) is 0. The maximum atomic E-state index is 12.0. The summed E-state index contributed by atoms with van der Waals surface area (Å²) in [5, 5.41) is 2.84. The van der Waals surface area contributed by atoms with E-state index in [1.165, 1.54) is 0 Å². The number of hydrogen-bond acceptors (Lipinski definition) is 3. The first-order chi connectivity index (χ1) is 9.69. The van der Waals surface area contributed by atoms with E-state index in [1.54, 1.807) is 18.7 Å². The molecule has 4 heteroatoms. The standard InChI is InChI=1S/C16H17NO2S/c1-12(19-14-6-4-3-5-7-14)16(18)17-13-8-10-15(20-2)11-9-13/h3-12H,1-2H3,(H,17,18)/t12-/m1/s1. The van der Waals surface area contributed by atoms with Crippen LogP contribution in [0.3, 0.4) is 0 Å². The van der Waals surface area contributed by atoms with Gasteiger partial charge in [-0.1, -0.05) is 18.2 Å². The molecule has 0 fully saturated rings. The summed E-state index contributed by atoms with van der Waals surface area (Å²) in [6, 6.07) is 17.0. The minimum absolute atomic E-state index is 0.161. The number of hydrogen-bond donors (Lipinski definition) is 1. The van der Waals surface area contributed by atoms with Crippen molar-refractivity contribution in [1.82, 2.24) is 0 Å². The lowest BCUT2D eigenvalue weighted by Gasteiger charge is -2.14. The molecule has 0 unspecified atom stereocenters. The number of para-hydroxylation sites is 1. The Bertz CT molecular complexity index is 554. The Kier molecular flexibility index (Phi) is 5.07. The van der Waals surface area contributed by atoms with Crippen LogP contribution in [0, 0.1) is 0 Å². The largest absolute Gasteiger partial charge is 0.481 e. The maximum absolute atomic E-state index is 12.0. The summed E-state index contributed by atoms with van der Waals surface area (Å²) in [6.45, 7) is 1.73. The van der Waals surface area contributed by atoms with Gasteiger partial charge in [0.05, 0.1) is 0 Å². The fourth-order valence-electron chi connectivity index (χ4n) is 1.67. The molecule has 2 rings (SSSR count). The third-order valence-corrected chi connectivity index (χ3v) is 3.53. The first-order valence-corrected chi connectivity index (χ1v) is 7.58. The van der Waals surface area contributed by atoms with Gasteiger partial charge < -0.3 is 10.1 Å². The van der Waals surface area contributed by atoms with E-state index in [1.807, 2.05) is 60.9 Å². The van der Waals surface area contributed by atoms with Crippen molar-refractivity contribution in [3.8, 4) is 5.75 Å². The summed E-state index contributed by atoms with van der Waals surface area (Å²) >= 11 is 1.67. The Morgan fingerprint density at radius 1 is 1.10 bits per heavy atom. The molecule has 0 heterocycles. The maximum Gasteiger partial charge on any atom is 0.265 e. The summed E-state index contributed by atoms with van der Waals surface area (Å²) in [5.74, 6) is 0.527. The third-order valence-electron chi connectivity index (χ3n) is 2.78. The number of nitrogens with one attached hydrogen (secondary N) is 1. The Morgan fingerprint density at radius 3 is 2.35 bits per heavy atom. The average Bonchev–Trinajstić information content (AvgIpc) is 2.49. The molecule has 0 aliphatic heterocycles. The van der Waals surface area contributed by atoms with Gasteiger partial charge in [-0.05, 0) is 49.6 Å². The molecule has 2 aromatic rings. The van der Waals surface area contributed by atoms with Crippen LogP contribution >= 0.6 is 11.8 Å². The quantitative estimate of drug-likeness (QED) is 0.850. The number of thioether (sulfide) groups is 1. The Hall–Kier alpha value is -1.94. The molecule has 1 amide bonds. The molecule has 0 spiro atoms. The van der Waals surface area contributed by atoms with Crippen molar-refractivity contribution in [3.05, 3.63) is 54.6 Å². The fourth-order valence-corrected chi connectivity index (χ4v) is 2.08. The van der Waals surface area contributed by atoms with Gasteiger partial charge in [-0.25, -0.2) is 0 Å². The third kappa shape index (κ3) is 4.03. The summed E-state index contributed by atoms with van der Waals surface area (Å²) in [6.07, 6.45) is 1.47. The van der Waals surface area contributed by atoms with Crippen molar-refractivity contribution >= 4 is 23.4 Å². The zero-order valence-electron chi connectivity index (χ0n) is 11.5. The van der Waals surface area contributed by atoms with Crippen LogP contribution in [0.1, 0.15) is 6.92 Å².